The van der Waals surface area contributed by atoms with Crippen LogP contribution in [-0.2, 0) is 4.79 Å². The van der Waals surface area contributed by atoms with Gasteiger partial charge in [-0.1, -0.05) is 13.8 Å². The van der Waals surface area contributed by atoms with Crippen LogP contribution in [0.3, 0.4) is 0 Å². The topological polar surface area (TPSA) is 40.6 Å². The van der Waals surface area contributed by atoms with E-state index in [0.717, 1.165) is 4.90 Å². The molecule has 4 nitrogen and oxygen atoms in total. The molecule has 0 aromatic rings. The Morgan fingerprint density at radius 1 is 1.43 bits per heavy atom. The number of amides is 3. The fourth-order valence-electron chi connectivity index (χ4n) is 1.51. The van der Waals surface area contributed by atoms with Crippen LogP contribution in [0.5, 0.6) is 0 Å². The highest BCUT2D eigenvalue weighted by atomic mass is 32.1. The maximum atomic E-state index is 11.6. The first-order valence-corrected chi connectivity index (χ1v) is 5.05. The van der Waals surface area contributed by atoms with Crippen molar-refractivity contribution in [1.82, 2.24) is 9.80 Å². The zero-order valence-electron chi connectivity index (χ0n) is 8.94. The highest BCUT2D eigenvalue weighted by Gasteiger charge is 2.50. The van der Waals surface area contributed by atoms with E-state index >= 15 is 0 Å². The summed E-state index contributed by atoms with van der Waals surface area (Å²) in [6.07, 6.45) is 0. The number of imide groups is 1. The lowest BCUT2D eigenvalue weighted by Gasteiger charge is -2.28. The number of likely N-dealkylation sites (N-methyl/N-ethyl adjacent to an activating group) is 1. The van der Waals surface area contributed by atoms with Crippen molar-refractivity contribution in [3.05, 3.63) is 0 Å². The Hall–Kier alpha value is -0.710. The van der Waals surface area contributed by atoms with E-state index in [-0.39, 0.29) is 11.9 Å². The molecule has 3 amide bonds. The van der Waals surface area contributed by atoms with Crippen LogP contribution in [0.4, 0.5) is 4.79 Å². The molecule has 1 atom stereocenters. The summed E-state index contributed by atoms with van der Waals surface area (Å²) in [4.78, 5) is 24.9. The lowest BCUT2D eigenvalue weighted by molar-refractivity contribution is -0.128. The SMILES string of the molecule is CC(C)CN1C(=O)N(C)C(=O)C1(C)S. The summed E-state index contributed by atoms with van der Waals surface area (Å²) in [6, 6.07) is -0.263. The van der Waals surface area contributed by atoms with Gasteiger partial charge < -0.3 is 4.90 Å². The van der Waals surface area contributed by atoms with Crippen LogP contribution in [0.15, 0.2) is 0 Å². The first-order chi connectivity index (χ1) is 6.28. The third-order valence-electron chi connectivity index (χ3n) is 2.30. The van der Waals surface area contributed by atoms with Gasteiger partial charge in [-0.3, -0.25) is 9.69 Å². The van der Waals surface area contributed by atoms with Crippen molar-refractivity contribution in [2.24, 2.45) is 5.92 Å². The molecule has 1 aliphatic heterocycles. The largest absolute Gasteiger partial charge is 0.328 e. The minimum absolute atomic E-state index is 0.258. The molecule has 1 aliphatic rings. The Morgan fingerprint density at radius 3 is 2.21 bits per heavy atom. The van der Waals surface area contributed by atoms with Gasteiger partial charge >= 0.3 is 6.03 Å². The predicted molar refractivity (Wildman–Crippen MR) is 57.1 cm³/mol. The number of carbonyl (C=O) groups excluding carboxylic acids is 2. The van der Waals surface area contributed by atoms with Crippen molar-refractivity contribution in [3.63, 3.8) is 0 Å². The maximum absolute atomic E-state index is 11.6. The molecule has 0 aromatic carbocycles. The molecule has 80 valence electrons. The van der Waals surface area contributed by atoms with E-state index in [1.54, 1.807) is 6.92 Å². The van der Waals surface area contributed by atoms with Crippen molar-refractivity contribution < 1.29 is 9.59 Å². The van der Waals surface area contributed by atoms with Crippen LogP contribution >= 0.6 is 12.6 Å². The number of rotatable bonds is 2. The summed E-state index contributed by atoms with van der Waals surface area (Å²) in [5, 5.41) is 0. The predicted octanol–water partition coefficient (Wildman–Crippen LogP) is 1.18. The van der Waals surface area contributed by atoms with Gasteiger partial charge in [-0.15, -0.1) is 12.6 Å². The van der Waals surface area contributed by atoms with Gasteiger partial charge in [-0.25, -0.2) is 4.79 Å². The van der Waals surface area contributed by atoms with Gasteiger partial charge in [0.15, 0.2) is 4.87 Å². The van der Waals surface area contributed by atoms with Crippen LogP contribution < -0.4 is 0 Å². The highest BCUT2D eigenvalue weighted by Crippen LogP contribution is 2.30. The normalized spacial score (nSPS) is 28.1. The second kappa shape index (κ2) is 3.46. The summed E-state index contributed by atoms with van der Waals surface area (Å²) < 4.78 is 0. The smallest absolute Gasteiger partial charge is 0.301 e. The summed E-state index contributed by atoms with van der Waals surface area (Å²) in [6.45, 7) is 6.21. The second-order valence-electron chi connectivity index (χ2n) is 4.17. The summed E-state index contributed by atoms with van der Waals surface area (Å²) in [5.41, 5.74) is 0. The third-order valence-corrected chi connectivity index (χ3v) is 2.73. The van der Waals surface area contributed by atoms with Crippen molar-refractivity contribution in [2.45, 2.75) is 25.6 Å². The van der Waals surface area contributed by atoms with E-state index < -0.39 is 4.87 Å². The van der Waals surface area contributed by atoms with Crippen LogP contribution in [0, 0.1) is 5.92 Å². The van der Waals surface area contributed by atoms with Crippen molar-refractivity contribution in [3.8, 4) is 0 Å². The molecule has 1 rings (SSSR count). The zero-order valence-corrected chi connectivity index (χ0v) is 9.84. The Labute approximate surface area is 89.7 Å². The fourth-order valence-corrected chi connectivity index (χ4v) is 1.83. The number of hydrogen-bond acceptors (Lipinski definition) is 3. The van der Waals surface area contributed by atoms with Crippen molar-refractivity contribution in [1.29, 1.82) is 0 Å². The lowest BCUT2D eigenvalue weighted by Crippen LogP contribution is -2.43. The molecule has 14 heavy (non-hydrogen) atoms. The fraction of sp³-hybridized carbons (Fsp3) is 0.778. The minimum Gasteiger partial charge on any atom is -0.301 e. The molecule has 0 spiro atoms. The number of carbonyl (C=O) groups is 2. The highest BCUT2D eigenvalue weighted by molar-refractivity contribution is 7.82. The van der Waals surface area contributed by atoms with E-state index in [9.17, 15) is 9.59 Å². The summed E-state index contributed by atoms with van der Waals surface area (Å²) in [5.74, 6) is 0.0659. The zero-order chi connectivity index (χ0) is 11.1. The molecule has 1 saturated heterocycles. The van der Waals surface area contributed by atoms with Crippen molar-refractivity contribution >= 4 is 24.6 Å². The summed E-state index contributed by atoms with van der Waals surface area (Å²) >= 11 is 4.25. The molecule has 0 N–H and O–H groups in total. The maximum Gasteiger partial charge on any atom is 0.328 e. The molecule has 1 unspecified atom stereocenters. The first kappa shape index (κ1) is 11.4. The van der Waals surface area contributed by atoms with Crippen LogP contribution in [0.1, 0.15) is 20.8 Å². The molecular formula is C9H16N2O2S. The van der Waals surface area contributed by atoms with E-state index in [2.05, 4.69) is 12.6 Å². The first-order valence-electron chi connectivity index (χ1n) is 4.60. The van der Waals surface area contributed by atoms with Gasteiger partial charge in [0.25, 0.3) is 5.91 Å². The Kier molecular flexibility index (Phi) is 2.81. The van der Waals surface area contributed by atoms with Crippen molar-refractivity contribution in [2.75, 3.05) is 13.6 Å². The number of thiol groups is 1. The van der Waals surface area contributed by atoms with Crippen LogP contribution in [-0.4, -0.2) is 40.2 Å². The lowest BCUT2D eigenvalue weighted by atomic mass is 10.2. The van der Waals surface area contributed by atoms with Gasteiger partial charge in [-0.05, 0) is 12.8 Å². The number of nitrogens with zero attached hydrogens (tertiary/aromatic N) is 2. The second-order valence-corrected chi connectivity index (χ2v) is 5.04. The van der Waals surface area contributed by atoms with Gasteiger partial charge in [-0.2, -0.15) is 0 Å². The molecule has 0 bridgehead atoms. The minimum atomic E-state index is -0.990. The van der Waals surface area contributed by atoms with E-state index in [1.165, 1.54) is 11.9 Å². The molecule has 1 fully saturated rings. The average molecular weight is 216 g/mol. The summed E-state index contributed by atoms with van der Waals surface area (Å²) in [7, 11) is 1.49. The van der Waals surface area contributed by atoms with Gasteiger partial charge in [0, 0.05) is 13.6 Å². The van der Waals surface area contributed by atoms with E-state index in [0.29, 0.717) is 12.5 Å². The average Bonchev–Trinajstić information content (AvgIpc) is 2.20. The molecule has 0 radical (unpaired) electrons. The molecule has 0 saturated carbocycles. The van der Waals surface area contributed by atoms with E-state index in [1.807, 2.05) is 13.8 Å². The Morgan fingerprint density at radius 2 is 1.93 bits per heavy atom. The van der Waals surface area contributed by atoms with Gasteiger partial charge in [0.05, 0.1) is 0 Å². The molecule has 0 aromatic heterocycles. The quantitative estimate of drug-likeness (QED) is 0.556. The van der Waals surface area contributed by atoms with Gasteiger partial charge in [0.1, 0.15) is 0 Å². The molecule has 1 heterocycles. The van der Waals surface area contributed by atoms with Crippen LogP contribution in [0.25, 0.3) is 0 Å². The van der Waals surface area contributed by atoms with Gasteiger partial charge in [0.2, 0.25) is 0 Å². The van der Waals surface area contributed by atoms with E-state index in [4.69, 9.17) is 0 Å². The number of hydrogen-bond donors (Lipinski definition) is 1. The van der Waals surface area contributed by atoms with Crippen LogP contribution in [0.2, 0.25) is 0 Å². The monoisotopic (exact) mass is 216 g/mol. The third kappa shape index (κ3) is 1.61. The molecule has 0 aliphatic carbocycles. The number of urea groups is 1. The standard InChI is InChI=1S/C9H16N2O2S/c1-6(2)5-11-8(13)10(4)7(12)9(11,3)14/h6,14H,5H2,1-4H3. The molecule has 5 heteroatoms. The molecular weight excluding hydrogens is 200 g/mol. The Balaban J connectivity index is 2.94. The Bertz CT molecular complexity index is 276.